The lowest BCUT2D eigenvalue weighted by atomic mass is 10.1. The van der Waals surface area contributed by atoms with E-state index in [9.17, 15) is 0 Å². The average molecular weight is 299 g/mol. The van der Waals surface area contributed by atoms with Gasteiger partial charge in [-0.3, -0.25) is 4.90 Å². The predicted octanol–water partition coefficient (Wildman–Crippen LogP) is 2.51. The van der Waals surface area contributed by atoms with Crippen LogP contribution in [-0.2, 0) is 26.6 Å². The van der Waals surface area contributed by atoms with E-state index < -0.39 is 0 Å². The van der Waals surface area contributed by atoms with Crippen LogP contribution in [0.5, 0.6) is 0 Å². The van der Waals surface area contributed by atoms with Crippen LogP contribution in [0.15, 0.2) is 6.20 Å². The van der Waals surface area contributed by atoms with Gasteiger partial charge in [0.2, 0.25) is 0 Å². The van der Waals surface area contributed by atoms with E-state index in [-0.39, 0.29) is 0 Å². The van der Waals surface area contributed by atoms with Gasteiger partial charge in [-0.15, -0.1) is 0 Å². The zero-order chi connectivity index (χ0) is 15.9. The highest BCUT2D eigenvalue weighted by Crippen LogP contribution is 2.20. The number of nitrogens with zero attached hydrogens (tertiary/aromatic N) is 5. The van der Waals surface area contributed by atoms with Crippen molar-refractivity contribution in [3.63, 3.8) is 0 Å². The lowest BCUT2D eigenvalue weighted by Crippen LogP contribution is -2.32. The summed E-state index contributed by atoms with van der Waals surface area (Å²) in [6.07, 6.45) is 3.01. The minimum atomic E-state index is 0.391. The topological polar surface area (TPSA) is 46.8 Å². The van der Waals surface area contributed by atoms with Crippen molar-refractivity contribution in [1.29, 1.82) is 0 Å². The average Bonchev–Trinajstić information content (AvgIpc) is 2.74. The monoisotopic (exact) mass is 299 g/mol. The van der Waals surface area contributed by atoms with Crippen molar-refractivity contribution < 1.29 is 0 Å². The van der Waals surface area contributed by atoms with Crippen LogP contribution in [0, 0.1) is 13.8 Å². The molecule has 0 spiro atoms. The summed E-state index contributed by atoms with van der Waals surface area (Å²) in [5.74, 6) is 2.49. The molecule has 1 aliphatic rings. The Balaban J connectivity index is 1.75. The van der Waals surface area contributed by atoms with E-state index >= 15 is 0 Å². The number of rotatable bonds is 3. The van der Waals surface area contributed by atoms with Gasteiger partial charge in [0.25, 0.3) is 0 Å². The number of hydrogen-bond donors (Lipinski definition) is 0. The quantitative estimate of drug-likeness (QED) is 0.873. The first-order valence-electron chi connectivity index (χ1n) is 8.01. The molecule has 5 nitrogen and oxygen atoms in total. The van der Waals surface area contributed by atoms with Crippen LogP contribution in [0.2, 0.25) is 0 Å². The van der Waals surface area contributed by atoms with Crippen LogP contribution in [0.3, 0.4) is 0 Å². The summed E-state index contributed by atoms with van der Waals surface area (Å²) >= 11 is 0. The highest BCUT2D eigenvalue weighted by atomic mass is 15.2. The van der Waals surface area contributed by atoms with Gasteiger partial charge in [-0.1, -0.05) is 13.8 Å². The maximum Gasteiger partial charge on any atom is 0.131 e. The van der Waals surface area contributed by atoms with E-state index in [1.165, 1.54) is 17.0 Å². The molecule has 0 N–H and O–H groups in total. The van der Waals surface area contributed by atoms with E-state index in [1.54, 1.807) is 0 Å². The van der Waals surface area contributed by atoms with E-state index in [1.807, 2.05) is 6.20 Å². The number of imidazole rings is 1. The number of aryl methyl sites for hydroxylation is 1. The summed E-state index contributed by atoms with van der Waals surface area (Å²) < 4.78 is 2.20. The van der Waals surface area contributed by atoms with Crippen molar-refractivity contribution in [2.24, 2.45) is 7.05 Å². The van der Waals surface area contributed by atoms with Crippen molar-refractivity contribution in [2.45, 2.75) is 53.1 Å². The number of fused-ring (bicyclic) bond motifs is 1. The molecule has 5 heteroatoms. The first kappa shape index (κ1) is 15.2. The fraction of sp³-hybridized carbons (Fsp3) is 0.588. The Morgan fingerprint density at radius 3 is 2.64 bits per heavy atom. The summed E-state index contributed by atoms with van der Waals surface area (Å²) in [5.41, 5.74) is 4.86. The van der Waals surface area contributed by atoms with Crippen molar-refractivity contribution in [3.05, 3.63) is 40.5 Å². The molecular weight excluding hydrogens is 274 g/mol. The fourth-order valence-electron chi connectivity index (χ4n) is 2.93. The Morgan fingerprint density at radius 2 is 2.00 bits per heavy atom. The Labute approximate surface area is 132 Å². The molecule has 3 rings (SSSR count). The van der Waals surface area contributed by atoms with Crippen LogP contribution in [0.4, 0.5) is 0 Å². The van der Waals surface area contributed by atoms with E-state index in [2.05, 4.69) is 54.2 Å². The second-order valence-electron chi connectivity index (χ2n) is 6.57. The highest BCUT2D eigenvalue weighted by Gasteiger charge is 2.21. The standard InChI is InChI=1S/C17H25N5/c1-11(2)17-18-8-14-9-22(7-6-15(14)20-17)10-16-19-12(3)13(4)21(16)5/h8,11H,6-7,9-10H2,1-5H3. The molecule has 2 aromatic rings. The van der Waals surface area contributed by atoms with Gasteiger partial charge in [-0.25, -0.2) is 15.0 Å². The molecule has 0 saturated heterocycles. The van der Waals surface area contributed by atoms with Crippen LogP contribution in [0.25, 0.3) is 0 Å². The van der Waals surface area contributed by atoms with Gasteiger partial charge < -0.3 is 4.57 Å². The molecule has 0 aliphatic carbocycles. The van der Waals surface area contributed by atoms with Gasteiger partial charge in [0.05, 0.1) is 12.2 Å². The Bertz CT molecular complexity index is 687. The SMILES string of the molecule is Cc1nc(CN2CCc3nc(C(C)C)ncc3C2)n(C)c1C. The molecule has 22 heavy (non-hydrogen) atoms. The zero-order valence-corrected chi connectivity index (χ0v) is 14.2. The van der Waals surface area contributed by atoms with E-state index in [0.717, 1.165) is 43.4 Å². The fourth-order valence-corrected chi connectivity index (χ4v) is 2.93. The van der Waals surface area contributed by atoms with E-state index in [0.29, 0.717) is 5.92 Å². The third kappa shape index (κ3) is 2.77. The zero-order valence-electron chi connectivity index (χ0n) is 14.2. The maximum atomic E-state index is 4.73. The summed E-state index contributed by atoms with van der Waals surface area (Å²) in [5, 5.41) is 0. The molecule has 0 unspecified atom stereocenters. The molecule has 0 bridgehead atoms. The smallest absolute Gasteiger partial charge is 0.131 e. The summed E-state index contributed by atoms with van der Waals surface area (Å²) in [6, 6.07) is 0. The minimum Gasteiger partial charge on any atom is -0.334 e. The molecule has 2 aromatic heterocycles. The van der Waals surface area contributed by atoms with Gasteiger partial charge in [0.1, 0.15) is 11.6 Å². The van der Waals surface area contributed by atoms with Gasteiger partial charge in [-0.05, 0) is 13.8 Å². The molecule has 3 heterocycles. The molecule has 0 amide bonds. The van der Waals surface area contributed by atoms with Gasteiger partial charge >= 0.3 is 0 Å². The Hall–Kier alpha value is -1.75. The van der Waals surface area contributed by atoms with E-state index in [4.69, 9.17) is 4.98 Å². The van der Waals surface area contributed by atoms with Crippen LogP contribution in [0.1, 0.15) is 54.1 Å². The second-order valence-corrected chi connectivity index (χ2v) is 6.57. The van der Waals surface area contributed by atoms with Crippen molar-refractivity contribution in [2.75, 3.05) is 6.54 Å². The summed E-state index contributed by atoms with van der Waals surface area (Å²) in [7, 11) is 2.10. The normalized spacial score (nSPS) is 15.4. The first-order chi connectivity index (χ1) is 10.5. The van der Waals surface area contributed by atoms with Crippen LogP contribution in [-0.4, -0.2) is 31.0 Å². The third-order valence-electron chi connectivity index (χ3n) is 4.62. The van der Waals surface area contributed by atoms with Crippen molar-refractivity contribution in [1.82, 2.24) is 24.4 Å². The molecule has 0 atom stereocenters. The lowest BCUT2D eigenvalue weighted by molar-refractivity contribution is 0.234. The second kappa shape index (κ2) is 5.80. The van der Waals surface area contributed by atoms with Crippen LogP contribution >= 0.6 is 0 Å². The van der Waals surface area contributed by atoms with Gasteiger partial charge in [-0.2, -0.15) is 0 Å². The van der Waals surface area contributed by atoms with Crippen LogP contribution < -0.4 is 0 Å². The molecule has 118 valence electrons. The molecular formula is C17H25N5. The Morgan fingerprint density at radius 1 is 1.23 bits per heavy atom. The lowest BCUT2D eigenvalue weighted by Gasteiger charge is -2.28. The largest absolute Gasteiger partial charge is 0.334 e. The first-order valence-corrected chi connectivity index (χ1v) is 8.01. The van der Waals surface area contributed by atoms with Crippen molar-refractivity contribution >= 4 is 0 Å². The van der Waals surface area contributed by atoms with Gasteiger partial charge in [0, 0.05) is 55.6 Å². The highest BCUT2D eigenvalue weighted by molar-refractivity contribution is 5.22. The molecule has 0 fully saturated rings. The number of aromatic nitrogens is 4. The minimum absolute atomic E-state index is 0.391. The predicted molar refractivity (Wildman–Crippen MR) is 86.6 cm³/mol. The number of hydrogen-bond acceptors (Lipinski definition) is 4. The van der Waals surface area contributed by atoms with Gasteiger partial charge in [0.15, 0.2) is 0 Å². The Kier molecular flexibility index (Phi) is 4.00. The third-order valence-corrected chi connectivity index (χ3v) is 4.62. The molecule has 0 saturated carbocycles. The summed E-state index contributed by atoms with van der Waals surface area (Å²) in [6.45, 7) is 11.3. The molecule has 1 aliphatic heterocycles. The molecule has 0 aromatic carbocycles. The molecule has 0 radical (unpaired) electrons. The summed E-state index contributed by atoms with van der Waals surface area (Å²) in [4.78, 5) is 16.4. The van der Waals surface area contributed by atoms with Crippen molar-refractivity contribution in [3.8, 4) is 0 Å². The maximum absolute atomic E-state index is 4.73.